The number of rotatable bonds is 6. The van der Waals surface area contributed by atoms with Crippen LogP contribution in [0.4, 0.5) is 0 Å². The van der Waals surface area contributed by atoms with Crippen molar-refractivity contribution in [1.82, 2.24) is 0 Å². The van der Waals surface area contributed by atoms with Crippen LogP contribution < -0.4 is 4.74 Å². The second kappa shape index (κ2) is 6.06. The van der Waals surface area contributed by atoms with Crippen molar-refractivity contribution >= 4 is 5.97 Å². The lowest BCUT2D eigenvalue weighted by atomic mass is 10.1. The Morgan fingerprint density at radius 1 is 1.40 bits per heavy atom. The van der Waals surface area contributed by atoms with Gasteiger partial charge in [0.25, 0.3) is 0 Å². The lowest BCUT2D eigenvalue weighted by Crippen LogP contribution is -2.10. The van der Waals surface area contributed by atoms with E-state index in [9.17, 15) is 4.79 Å². The number of aryl methyl sites for hydroxylation is 1. The van der Waals surface area contributed by atoms with E-state index in [4.69, 9.17) is 9.84 Å². The summed E-state index contributed by atoms with van der Waals surface area (Å²) in [5.74, 6) is -0.256. The van der Waals surface area contributed by atoms with E-state index in [1.54, 1.807) is 0 Å². The van der Waals surface area contributed by atoms with E-state index in [-0.39, 0.29) is 6.61 Å². The fourth-order valence-electron chi connectivity index (χ4n) is 1.36. The summed E-state index contributed by atoms with van der Waals surface area (Å²) in [5, 5.41) is 8.52. The molecule has 3 nitrogen and oxygen atoms in total. The molecule has 0 aliphatic carbocycles. The third kappa shape index (κ3) is 4.02. The highest BCUT2D eigenvalue weighted by molar-refractivity contribution is 5.68. The van der Waals surface area contributed by atoms with E-state index in [1.165, 1.54) is 0 Å². The van der Waals surface area contributed by atoms with Gasteiger partial charge in [0.2, 0.25) is 0 Å². The molecule has 0 fully saturated rings. The topological polar surface area (TPSA) is 46.5 Å². The standard InChI is InChI=1S/C12H16O3/c1-2-3-6-10-7-4-5-8-11(10)15-9-12(13)14/h4-5,7-8H,2-3,6,9H2,1H3,(H,13,14). The average Bonchev–Trinajstić information content (AvgIpc) is 2.24. The van der Waals surface area contributed by atoms with Crippen LogP contribution in [0.15, 0.2) is 24.3 Å². The lowest BCUT2D eigenvalue weighted by molar-refractivity contribution is -0.139. The monoisotopic (exact) mass is 208 g/mol. The van der Waals surface area contributed by atoms with E-state index >= 15 is 0 Å². The van der Waals surface area contributed by atoms with E-state index in [2.05, 4.69) is 6.92 Å². The molecule has 0 saturated heterocycles. The molecule has 15 heavy (non-hydrogen) atoms. The van der Waals surface area contributed by atoms with Crippen molar-refractivity contribution in [1.29, 1.82) is 0 Å². The maximum Gasteiger partial charge on any atom is 0.341 e. The van der Waals surface area contributed by atoms with Crippen LogP contribution in [0.5, 0.6) is 5.75 Å². The van der Waals surface area contributed by atoms with Crippen LogP contribution in [0.2, 0.25) is 0 Å². The number of benzene rings is 1. The van der Waals surface area contributed by atoms with Gasteiger partial charge in [-0.2, -0.15) is 0 Å². The molecule has 0 aromatic heterocycles. The molecular weight excluding hydrogens is 192 g/mol. The molecule has 1 rings (SSSR count). The Morgan fingerprint density at radius 2 is 2.13 bits per heavy atom. The highest BCUT2D eigenvalue weighted by atomic mass is 16.5. The van der Waals surface area contributed by atoms with Crippen LogP contribution in [-0.4, -0.2) is 17.7 Å². The zero-order valence-electron chi connectivity index (χ0n) is 8.90. The molecule has 0 aliphatic rings. The number of carboxylic acid groups (broad SMARTS) is 1. The molecule has 0 aliphatic heterocycles. The van der Waals surface area contributed by atoms with Gasteiger partial charge >= 0.3 is 5.97 Å². The Bertz CT molecular complexity index is 320. The molecule has 1 N–H and O–H groups in total. The smallest absolute Gasteiger partial charge is 0.341 e. The van der Waals surface area contributed by atoms with Gasteiger partial charge in [-0.3, -0.25) is 0 Å². The summed E-state index contributed by atoms with van der Waals surface area (Å²) >= 11 is 0. The second-order valence-corrected chi connectivity index (χ2v) is 3.39. The Balaban J connectivity index is 2.63. The normalized spacial score (nSPS) is 9.93. The predicted molar refractivity (Wildman–Crippen MR) is 58.2 cm³/mol. The first kappa shape index (κ1) is 11.6. The first-order valence-electron chi connectivity index (χ1n) is 5.16. The SMILES string of the molecule is CCCCc1ccccc1OCC(=O)O. The number of ether oxygens (including phenoxy) is 1. The van der Waals surface area contributed by atoms with Gasteiger partial charge in [0.1, 0.15) is 5.75 Å². The van der Waals surface area contributed by atoms with Crippen LogP contribution in [-0.2, 0) is 11.2 Å². The van der Waals surface area contributed by atoms with Gasteiger partial charge in [-0.05, 0) is 24.5 Å². The first-order valence-corrected chi connectivity index (χ1v) is 5.16. The first-order chi connectivity index (χ1) is 7.24. The number of carbonyl (C=O) groups is 1. The van der Waals surface area contributed by atoms with Crippen LogP contribution >= 0.6 is 0 Å². The van der Waals surface area contributed by atoms with E-state index < -0.39 is 5.97 Å². The van der Waals surface area contributed by atoms with Gasteiger partial charge in [0.05, 0.1) is 0 Å². The largest absolute Gasteiger partial charge is 0.482 e. The fourth-order valence-corrected chi connectivity index (χ4v) is 1.36. The summed E-state index contributed by atoms with van der Waals surface area (Å²) in [6.07, 6.45) is 3.15. The molecule has 0 atom stereocenters. The molecule has 0 spiro atoms. The third-order valence-electron chi connectivity index (χ3n) is 2.12. The third-order valence-corrected chi connectivity index (χ3v) is 2.12. The van der Waals surface area contributed by atoms with Gasteiger partial charge < -0.3 is 9.84 Å². The maximum atomic E-state index is 10.4. The molecule has 0 bridgehead atoms. The minimum Gasteiger partial charge on any atom is -0.482 e. The molecule has 82 valence electrons. The van der Waals surface area contributed by atoms with Crippen molar-refractivity contribution in [3.8, 4) is 5.75 Å². The van der Waals surface area contributed by atoms with Crippen LogP contribution in [0.25, 0.3) is 0 Å². The van der Waals surface area contributed by atoms with Crippen LogP contribution in [0.3, 0.4) is 0 Å². The second-order valence-electron chi connectivity index (χ2n) is 3.39. The summed E-state index contributed by atoms with van der Waals surface area (Å²) in [4.78, 5) is 10.4. The number of unbranched alkanes of at least 4 members (excludes halogenated alkanes) is 1. The molecule has 0 amide bonds. The van der Waals surface area contributed by atoms with E-state index in [1.807, 2.05) is 24.3 Å². The van der Waals surface area contributed by atoms with E-state index in [0.717, 1.165) is 24.8 Å². The number of aliphatic carboxylic acids is 1. The van der Waals surface area contributed by atoms with Crippen molar-refractivity contribution in [2.75, 3.05) is 6.61 Å². The summed E-state index contributed by atoms with van der Waals surface area (Å²) in [6.45, 7) is 1.85. The van der Waals surface area contributed by atoms with Gasteiger partial charge in [-0.15, -0.1) is 0 Å². The molecular formula is C12H16O3. The van der Waals surface area contributed by atoms with Crippen molar-refractivity contribution in [2.24, 2.45) is 0 Å². The zero-order chi connectivity index (χ0) is 11.1. The summed E-state index contributed by atoms with van der Waals surface area (Å²) in [7, 11) is 0. The minimum absolute atomic E-state index is 0.275. The molecule has 1 aromatic rings. The Labute approximate surface area is 89.7 Å². The van der Waals surface area contributed by atoms with Gasteiger partial charge in [0.15, 0.2) is 6.61 Å². The molecule has 3 heteroatoms. The highest BCUT2D eigenvalue weighted by Crippen LogP contribution is 2.19. The fraction of sp³-hybridized carbons (Fsp3) is 0.417. The van der Waals surface area contributed by atoms with Crippen molar-refractivity contribution < 1.29 is 14.6 Å². The Morgan fingerprint density at radius 3 is 2.80 bits per heavy atom. The van der Waals surface area contributed by atoms with Crippen LogP contribution in [0.1, 0.15) is 25.3 Å². The molecule has 0 saturated carbocycles. The summed E-state index contributed by atoms with van der Waals surface area (Å²) in [6, 6.07) is 7.59. The minimum atomic E-state index is -0.944. The predicted octanol–water partition coefficient (Wildman–Crippen LogP) is 2.49. The summed E-state index contributed by atoms with van der Waals surface area (Å²) < 4.78 is 5.20. The average molecular weight is 208 g/mol. The number of para-hydroxylation sites is 1. The van der Waals surface area contributed by atoms with Crippen LogP contribution in [0, 0.1) is 0 Å². The Hall–Kier alpha value is -1.51. The number of carboxylic acids is 1. The van der Waals surface area contributed by atoms with Gasteiger partial charge in [-0.1, -0.05) is 31.5 Å². The number of hydrogen-bond donors (Lipinski definition) is 1. The number of hydrogen-bond acceptors (Lipinski definition) is 2. The molecule has 0 radical (unpaired) electrons. The Kier molecular flexibility index (Phi) is 4.68. The quantitative estimate of drug-likeness (QED) is 0.781. The van der Waals surface area contributed by atoms with E-state index in [0.29, 0.717) is 5.75 Å². The van der Waals surface area contributed by atoms with Crippen molar-refractivity contribution in [2.45, 2.75) is 26.2 Å². The van der Waals surface area contributed by atoms with Crippen molar-refractivity contribution in [3.05, 3.63) is 29.8 Å². The molecule has 0 heterocycles. The lowest BCUT2D eigenvalue weighted by Gasteiger charge is -2.08. The van der Waals surface area contributed by atoms with Gasteiger partial charge in [-0.25, -0.2) is 4.79 Å². The maximum absolute atomic E-state index is 10.4. The highest BCUT2D eigenvalue weighted by Gasteiger charge is 2.04. The van der Waals surface area contributed by atoms with Crippen molar-refractivity contribution in [3.63, 3.8) is 0 Å². The molecule has 1 aromatic carbocycles. The van der Waals surface area contributed by atoms with Gasteiger partial charge in [0, 0.05) is 0 Å². The summed E-state index contributed by atoms with van der Waals surface area (Å²) in [5.41, 5.74) is 1.08. The zero-order valence-corrected chi connectivity index (χ0v) is 8.90. The molecule has 0 unspecified atom stereocenters.